The number of hydrogen-bond donors (Lipinski definition) is 2. The normalized spacial score (nSPS) is 12.2. The van der Waals surface area contributed by atoms with E-state index in [0.29, 0.717) is 5.69 Å². The number of carbonyl (C=O) groups excluding carboxylic acids is 1. The molecule has 1 atom stereocenters. The Kier molecular flexibility index (Phi) is 4.75. The highest BCUT2D eigenvalue weighted by Gasteiger charge is 2.10. The molecule has 0 fully saturated rings. The van der Waals surface area contributed by atoms with E-state index in [4.69, 9.17) is 5.73 Å². The Bertz CT molecular complexity index is 633. The van der Waals surface area contributed by atoms with Crippen LogP contribution in [0.15, 0.2) is 30.5 Å². The molecule has 0 aliphatic rings. The summed E-state index contributed by atoms with van der Waals surface area (Å²) < 4.78 is 1.73. The maximum atomic E-state index is 11.6. The van der Waals surface area contributed by atoms with E-state index in [0.717, 1.165) is 24.1 Å². The van der Waals surface area contributed by atoms with Gasteiger partial charge in [0.2, 0.25) is 0 Å². The molecule has 1 heterocycles. The van der Waals surface area contributed by atoms with Crippen LogP contribution in [0.25, 0.3) is 5.69 Å². The molecule has 1 aromatic heterocycles. The number of aromatic nitrogens is 2. The van der Waals surface area contributed by atoms with E-state index in [1.807, 2.05) is 13.0 Å². The second kappa shape index (κ2) is 6.54. The zero-order valence-electron chi connectivity index (χ0n) is 12.8. The third-order valence-corrected chi connectivity index (χ3v) is 3.58. The van der Waals surface area contributed by atoms with Gasteiger partial charge >= 0.3 is 0 Å². The molecule has 0 aliphatic carbocycles. The SMILES string of the molecule is CCC(N)Cc1ccc(-n2ccc(C(=O)NC)n2)c(C)c1. The number of nitrogens with two attached hydrogens (primary N) is 1. The Morgan fingerprint density at radius 3 is 2.81 bits per heavy atom. The molecule has 0 aliphatic heterocycles. The third-order valence-electron chi connectivity index (χ3n) is 3.58. The van der Waals surface area contributed by atoms with Gasteiger partial charge in [0, 0.05) is 19.3 Å². The Balaban J connectivity index is 2.24. The van der Waals surface area contributed by atoms with Gasteiger partial charge in [-0.2, -0.15) is 5.10 Å². The summed E-state index contributed by atoms with van der Waals surface area (Å²) in [4.78, 5) is 11.6. The van der Waals surface area contributed by atoms with E-state index in [1.165, 1.54) is 5.56 Å². The van der Waals surface area contributed by atoms with Crippen LogP contribution in [0.5, 0.6) is 0 Å². The molecule has 3 N–H and O–H groups in total. The van der Waals surface area contributed by atoms with E-state index < -0.39 is 0 Å². The van der Waals surface area contributed by atoms with E-state index in [1.54, 1.807) is 24.0 Å². The van der Waals surface area contributed by atoms with Gasteiger partial charge < -0.3 is 11.1 Å². The predicted octanol–water partition coefficient (Wildman–Crippen LogP) is 1.82. The molecule has 21 heavy (non-hydrogen) atoms. The second-order valence-electron chi connectivity index (χ2n) is 5.22. The summed E-state index contributed by atoms with van der Waals surface area (Å²) in [5.41, 5.74) is 9.72. The number of nitrogens with zero attached hydrogens (tertiary/aromatic N) is 2. The minimum absolute atomic E-state index is 0.183. The van der Waals surface area contributed by atoms with Gasteiger partial charge in [0.05, 0.1) is 5.69 Å². The number of hydrogen-bond acceptors (Lipinski definition) is 3. The van der Waals surface area contributed by atoms with E-state index in [9.17, 15) is 4.79 Å². The number of aryl methyl sites for hydroxylation is 1. The predicted molar refractivity (Wildman–Crippen MR) is 83.7 cm³/mol. The molecule has 1 aromatic carbocycles. The van der Waals surface area contributed by atoms with Gasteiger partial charge in [0.1, 0.15) is 0 Å². The zero-order valence-corrected chi connectivity index (χ0v) is 12.8. The molecule has 1 unspecified atom stereocenters. The van der Waals surface area contributed by atoms with Crippen molar-refractivity contribution < 1.29 is 4.79 Å². The van der Waals surface area contributed by atoms with Crippen LogP contribution < -0.4 is 11.1 Å². The summed E-state index contributed by atoms with van der Waals surface area (Å²) in [5.74, 6) is -0.183. The molecule has 2 rings (SSSR count). The highest BCUT2D eigenvalue weighted by atomic mass is 16.1. The van der Waals surface area contributed by atoms with E-state index >= 15 is 0 Å². The lowest BCUT2D eigenvalue weighted by Gasteiger charge is -2.12. The molecule has 2 aromatic rings. The Morgan fingerprint density at radius 1 is 1.43 bits per heavy atom. The van der Waals surface area contributed by atoms with Gasteiger partial charge in [-0.05, 0) is 43.0 Å². The first-order valence-electron chi connectivity index (χ1n) is 7.18. The molecular weight excluding hydrogens is 264 g/mol. The van der Waals surface area contributed by atoms with Crippen molar-refractivity contribution in [3.63, 3.8) is 0 Å². The van der Waals surface area contributed by atoms with Crippen molar-refractivity contribution in [3.05, 3.63) is 47.3 Å². The molecular formula is C16H22N4O. The quantitative estimate of drug-likeness (QED) is 0.880. The fourth-order valence-corrected chi connectivity index (χ4v) is 2.26. The topological polar surface area (TPSA) is 72.9 Å². The Labute approximate surface area is 125 Å². The average molecular weight is 286 g/mol. The lowest BCUT2D eigenvalue weighted by atomic mass is 10.0. The molecule has 1 amide bonds. The fourth-order valence-electron chi connectivity index (χ4n) is 2.26. The van der Waals surface area contributed by atoms with Crippen molar-refractivity contribution in [1.82, 2.24) is 15.1 Å². The van der Waals surface area contributed by atoms with Gasteiger partial charge in [-0.25, -0.2) is 4.68 Å². The van der Waals surface area contributed by atoms with Gasteiger partial charge in [0.15, 0.2) is 5.69 Å². The third kappa shape index (κ3) is 3.49. The zero-order chi connectivity index (χ0) is 15.4. The first-order valence-corrected chi connectivity index (χ1v) is 7.18. The molecule has 0 saturated carbocycles. The van der Waals surface area contributed by atoms with Crippen LogP contribution in [0.2, 0.25) is 0 Å². The summed E-state index contributed by atoms with van der Waals surface area (Å²) in [7, 11) is 1.60. The number of nitrogens with one attached hydrogen (secondary N) is 1. The van der Waals surface area contributed by atoms with Crippen LogP contribution >= 0.6 is 0 Å². The van der Waals surface area contributed by atoms with Crippen molar-refractivity contribution in [2.24, 2.45) is 5.73 Å². The van der Waals surface area contributed by atoms with Crippen LogP contribution in [-0.2, 0) is 6.42 Å². The van der Waals surface area contributed by atoms with E-state index in [-0.39, 0.29) is 11.9 Å². The number of benzene rings is 1. The largest absolute Gasteiger partial charge is 0.354 e. The monoisotopic (exact) mass is 286 g/mol. The maximum absolute atomic E-state index is 11.6. The summed E-state index contributed by atoms with van der Waals surface area (Å²) in [6.07, 6.45) is 3.64. The molecule has 0 saturated heterocycles. The summed E-state index contributed by atoms with van der Waals surface area (Å²) in [6, 6.07) is 8.12. The van der Waals surface area contributed by atoms with Gasteiger partial charge in [0.25, 0.3) is 5.91 Å². The standard InChI is InChI=1S/C16H22N4O/c1-4-13(17)10-12-5-6-15(11(2)9-12)20-8-7-14(19-20)16(21)18-3/h5-9,13H,4,10,17H2,1-3H3,(H,18,21). The minimum atomic E-state index is -0.183. The highest BCUT2D eigenvalue weighted by molar-refractivity contribution is 5.91. The summed E-state index contributed by atoms with van der Waals surface area (Å²) >= 11 is 0. The molecule has 0 spiro atoms. The van der Waals surface area contributed by atoms with Crippen LogP contribution in [0.4, 0.5) is 0 Å². The van der Waals surface area contributed by atoms with Crippen LogP contribution in [0, 0.1) is 6.92 Å². The number of carbonyl (C=O) groups is 1. The average Bonchev–Trinajstić information content (AvgIpc) is 2.96. The highest BCUT2D eigenvalue weighted by Crippen LogP contribution is 2.17. The van der Waals surface area contributed by atoms with Gasteiger partial charge in [-0.1, -0.05) is 19.1 Å². The molecule has 0 bridgehead atoms. The molecule has 5 nitrogen and oxygen atoms in total. The van der Waals surface area contributed by atoms with Crippen LogP contribution in [0.3, 0.4) is 0 Å². The Morgan fingerprint density at radius 2 is 2.19 bits per heavy atom. The van der Waals surface area contributed by atoms with Crippen molar-refractivity contribution in [3.8, 4) is 5.69 Å². The van der Waals surface area contributed by atoms with Gasteiger partial charge in [-0.3, -0.25) is 4.79 Å². The van der Waals surface area contributed by atoms with Crippen molar-refractivity contribution in [2.75, 3.05) is 7.05 Å². The van der Waals surface area contributed by atoms with Crippen molar-refractivity contribution in [1.29, 1.82) is 0 Å². The smallest absolute Gasteiger partial charge is 0.271 e. The summed E-state index contributed by atoms with van der Waals surface area (Å²) in [5, 5.41) is 6.87. The molecule has 112 valence electrons. The lowest BCUT2D eigenvalue weighted by molar-refractivity contribution is 0.0957. The Hall–Kier alpha value is -2.14. The molecule has 5 heteroatoms. The van der Waals surface area contributed by atoms with Crippen molar-refractivity contribution in [2.45, 2.75) is 32.7 Å². The lowest BCUT2D eigenvalue weighted by Crippen LogP contribution is -2.21. The summed E-state index contributed by atoms with van der Waals surface area (Å²) in [6.45, 7) is 4.13. The fraction of sp³-hybridized carbons (Fsp3) is 0.375. The second-order valence-corrected chi connectivity index (χ2v) is 5.22. The van der Waals surface area contributed by atoms with Crippen LogP contribution in [0.1, 0.15) is 35.0 Å². The first-order chi connectivity index (χ1) is 10.0. The number of amides is 1. The molecule has 0 radical (unpaired) electrons. The van der Waals surface area contributed by atoms with E-state index in [2.05, 4.69) is 29.5 Å². The van der Waals surface area contributed by atoms with Crippen molar-refractivity contribution >= 4 is 5.91 Å². The first kappa shape index (κ1) is 15.3. The number of rotatable bonds is 5. The maximum Gasteiger partial charge on any atom is 0.271 e. The van der Waals surface area contributed by atoms with Crippen LogP contribution in [-0.4, -0.2) is 28.8 Å². The minimum Gasteiger partial charge on any atom is -0.354 e. The van der Waals surface area contributed by atoms with Gasteiger partial charge in [-0.15, -0.1) is 0 Å².